The summed E-state index contributed by atoms with van der Waals surface area (Å²) in [5.74, 6) is 9.07. The second-order valence-corrected chi connectivity index (χ2v) is 9.03. The van der Waals surface area contributed by atoms with Gasteiger partial charge in [0.2, 0.25) is 0 Å². The van der Waals surface area contributed by atoms with Crippen LogP contribution in [0.25, 0.3) is 0 Å². The summed E-state index contributed by atoms with van der Waals surface area (Å²) in [5, 5.41) is 8.77. The highest BCUT2D eigenvalue weighted by Gasteiger charge is 2.30. The van der Waals surface area contributed by atoms with Gasteiger partial charge in [-0.2, -0.15) is 5.26 Å². The van der Waals surface area contributed by atoms with Gasteiger partial charge in [0, 0.05) is 5.56 Å². The van der Waals surface area contributed by atoms with Crippen molar-refractivity contribution in [1.29, 1.82) is 5.26 Å². The average Bonchev–Trinajstić information content (AvgIpc) is 2.76. The minimum Gasteiger partial charge on any atom is -0.206 e. The van der Waals surface area contributed by atoms with E-state index >= 15 is 0 Å². The van der Waals surface area contributed by atoms with Gasteiger partial charge in [-0.05, 0) is 86.5 Å². The molecule has 0 radical (unpaired) electrons. The summed E-state index contributed by atoms with van der Waals surface area (Å²) in [6, 6.07) is 6.35. The van der Waals surface area contributed by atoms with Crippen LogP contribution in [0.2, 0.25) is 0 Å². The molecule has 2 heteroatoms. The van der Waals surface area contributed by atoms with Crippen molar-refractivity contribution in [3.05, 3.63) is 47.3 Å². The van der Waals surface area contributed by atoms with Gasteiger partial charge in [-0.3, -0.25) is 0 Å². The number of benzene rings is 1. The Kier molecular flexibility index (Phi) is 8.37. The lowest BCUT2D eigenvalue weighted by Gasteiger charge is -2.37. The van der Waals surface area contributed by atoms with Crippen molar-refractivity contribution >= 4 is 0 Å². The van der Waals surface area contributed by atoms with Gasteiger partial charge in [0.25, 0.3) is 0 Å². The summed E-state index contributed by atoms with van der Waals surface area (Å²) < 4.78 is 13.6. The van der Waals surface area contributed by atoms with Crippen LogP contribution in [0.15, 0.2) is 30.4 Å². The van der Waals surface area contributed by atoms with Crippen LogP contribution in [-0.2, 0) is 0 Å². The van der Waals surface area contributed by atoms with Crippen molar-refractivity contribution in [3.8, 4) is 17.9 Å². The van der Waals surface area contributed by atoms with Gasteiger partial charge in [-0.25, -0.2) is 4.39 Å². The molecule has 1 aromatic carbocycles. The molecule has 1 nitrogen and oxygen atoms in total. The van der Waals surface area contributed by atoms with Crippen LogP contribution in [0.1, 0.15) is 88.7 Å². The van der Waals surface area contributed by atoms with E-state index in [0.717, 1.165) is 17.8 Å². The molecule has 154 valence electrons. The molecule has 0 aromatic heterocycles. The highest BCUT2D eigenvalue weighted by atomic mass is 19.1. The maximum Gasteiger partial charge on any atom is 0.142 e. The molecule has 0 heterocycles. The largest absolute Gasteiger partial charge is 0.206 e. The molecule has 2 saturated carbocycles. The van der Waals surface area contributed by atoms with Crippen molar-refractivity contribution < 1.29 is 4.39 Å². The molecule has 0 N–H and O–H groups in total. The Morgan fingerprint density at radius 1 is 1.03 bits per heavy atom. The third kappa shape index (κ3) is 6.47. The molecular weight excluding hydrogens is 357 g/mol. The third-order valence-electron chi connectivity index (χ3n) is 7.10. The smallest absolute Gasteiger partial charge is 0.142 e. The average molecular weight is 392 g/mol. The van der Waals surface area contributed by atoms with E-state index in [-0.39, 0.29) is 5.56 Å². The van der Waals surface area contributed by atoms with E-state index in [0.29, 0.717) is 11.5 Å². The fourth-order valence-electron chi connectivity index (χ4n) is 5.24. The zero-order valence-electron chi connectivity index (χ0n) is 17.8. The molecule has 0 unspecified atom stereocenters. The predicted molar refractivity (Wildman–Crippen MR) is 118 cm³/mol. The standard InChI is InChI=1S/C27H34FN/c1-2-3-6-21-9-14-24(15-10-21)25-16-11-22(12-17-25)7-4-5-8-23-13-18-26(20-29)27(28)19-23/h4,7,13,18-19,21-22,24-25H,2-3,6,9-12,14-17H2,1H3. The minimum absolute atomic E-state index is 0.0669. The second kappa shape index (κ2) is 11.2. The number of halogens is 1. The summed E-state index contributed by atoms with van der Waals surface area (Å²) in [5.41, 5.74) is 0.682. The van der Waals surface area contributed by atoms with Crippen LogP contribution in [0.5, 0.6) is 0 Å². The molecule has 2 fully saturated rings. The number of unbranched alkanes of at least 4 members (excludes halogenated alkanes) is 1. The number of hydrogen-bond acceptors (Lipinski definition) is 1. The third-order valence-corrected chi connectivity index (χ3v) is 7.10. The van der Waals surface area contributed by atoms with Gasteiger partial charge in [-0.1, -0.05) is 56.9 Å². The van der Waals surface area contributed by atoms with Crippen molar-refractivity contribution in [2.24, 2.45) is 23.7 Å². The quantitative estimate of drug-likeness (QED) is 0.479. The van der Waals surface area contributed by atoms with E-state index in [2.05, 4.69) is 24.8 Å². The first-order valence-corrected chi connectivity index (χ1v) is 11.6. The first-order chi connectivity index (χ1) is 14.2. The summed E-state index contributed by atoms with van der Waals surface area (Å²) in [6.07, 6.45) is 19.5. The van der Waals surface area contributed by atoms with Gasteiger partial charge >= 0.3 is 0 Å². The lowest BCUT2D eigenvalue weighted by Crippen LogP contribution is -2.25. The topological polar surface area (TPSA) is 23.8 Å². The summed E-state index contributed by atoms with van der Waals surface area (Å²) in [4.78, 5) is 0. The monoisotopic (exact) mass is 391 g/mol. The van der Waals surface area contributed by atoms with Crippen LogP contribution in [0.4, 0.5) is 4.39 Å². The first kappa shape index (κ1) is 21.6. The molecule has 0 spiro atoms. The van der Waals surface area contributed by atoms with Crippen LogP contribution < -0.4 is 0 Å². The second-order valence-electron chi connectivity index (χ2n) is 9.03. The Labute approximate surface area is 176 Å². The van der Waals surface area contributed by atoms with Gasteiger partial charge in [0.1, 0.15) is 11.9 Å². The number of nitrogens with zero attached hydrogens (tertiary/aromatic N) is 1. The van der Waals surface area contributed by atoms with Gasteiger partial charge < -0.3 is 0 Å². The lowest BCUT2D eigenvalue weighted by molar-refractivity contribution is 0.152. The molecule has 29 heavy (non-hydrogen) atoms. The molecule has 2 aliphatic carbocycles. The Balaban J connectivity index is 1.40. The molecule has 1 aromatic rings. The van der Waals surface area contributed by atoms with E-state index in [9.17, 15) is 4.39 Å². The summed E-state index contributed by atoms with van der Waals surface area (Å²) in [6.45, 7) is 2.30. The lowest BCUT2D eigenvalue weighted by atomic mass is 9.68. The Hall–Kier alpha value is -2.06. The van der Waals surface area contributed by atoms with E-state index in [4.69, 9.17) is 5.26 Å². The zero-order chi connectivity index (χ0) is 20.5. The fraction of sp³-hybridized carbons (Fsp3) is 0.593. The molecule has 0 saturated heterocycles. The Morgan fingerprint density at radius 2 is 1.72 bits per heavy atom. The molecule has 3 rings (SSSR count). The van der Waals surface area contributed by atoms with Gasteiger partial charge in [0.15, 0.2) is 0 Å². The summed E-state index contributed by atoms with van der Waals surface area (Å²) >= 11 is 0. The molecule has 0 aliphatic heterocycles. The predicted octanol–water partition coefficient (Wildman–Crippen LogP) is 7.41. The Bertz CT molecular complexity index is 775. The van der Waals surface area contributed by atoms with Crippen LogP contribution >= 0.6 is 0 Å². The number of rotatable bonds is 5. The summed E-state index contributed by atoms with van der Waals surface area (Å²) in [7, 11) is 0. The maximum absolute atomic E-state index is 13.6. The maximum atomic E-state index is 13.6. The van der Waals surface area contributed by atoms with Crippen molar-refractivity contribution in [3.63, 3.8) is 0 Å². The molecule has 0 amide bonds. The van der Waals surface area contributed by atoms with Crippen molar-refractivity contribution in [2.75, 3.05) is 0 Å². The SMILES string of the molecule is CCCCC1CCC(C2CCC(C=CC#Cc3ccc(C#N)c(F)c3)CC2)CC1. The van der Waals surface area contributed by atoms with Gasteiger partial charge in [0.05, 0.1) is 5.56 Å². The highest BCUT2D eigenvalue weighted by molar-refractivity contribution is 5.42. The van der Waals surface area contributed by atoms with Gasteiger partial charge in [-0.15, -0.1) is 0 Å². The number of hydrogen-bond donors (Lipinski definition) is 0. The van der Waals surface area contributed by atoms with Crippen molar-refractivity contribution in [2.45, 2.75) is 77.6 Å². The Morgan fingerprint density at radius 3 is 2.34 bits per heavy atom. The normalized spacial score (nSPS) is 27.2. The molecule has 0 bridgehead atoms. The van der Waals surface area contributed by atoms with Crippen molar-refractivity contribution in [1.82, 2.24) is 0 Å². The van der Waals surface area contributed by atoms with E-state index < -0.39 is 5.82 Å². The first-order valence-electron chi connectivity index (χ1n) is 11.6. The minimum atomic E-state index is -0.499. The number of nitriles is 1. The molecular formula is C27H34FN. The zero-order valence-corrected chi connectivity index (χ0v) is 17.8. The van der Waals surface area contributed by atoms with Crippen LogP contribution in [-0.4, -0.2) is 0 Å². The number of allylic oxidation sites excluding steroid dienone is 2. The fourth-order valence-corrected chi connectivity index (χ4v) is 5.24. The molecule has 2 aliphatic rings. The van der Waals surface area contributed by atoms with E-state index in [1.54, 1.807) is 6.07 Å². The van der Waals surface area contributed by atoms with E-state index in [1.807, 2.05) is 12.1 Å². The van der Waals surface area contributed by atoms with E-state index in [1.165, 1.54) is 82.8 Å². The van der Waals surface area contributed by atoms with Crippen LogP contribution in [0.3, 0.4) is 0 Å². The van der Waals surface area contributed by atoms with Crippen LogP contribution in [0, 0.1) is 52.7 Å². The molecule has 0 atom stereocenters. The highest BCUT2D eigenvalue weighted by Crippen LogP contribution is 2.42.